The first kappa shape index (κ1) is 14.5. The fourth-order valence-electron chi connectivity index (χ4n) is 1.50. The summed E-state index contributed by atoms with van der Waals surface area (Å²) >= 11 is 0. The van der Waals surface area contributed by atoms with Crippen LogP contribution < -0.4 is 5.32 Å². The average Bonchev–Trinajstić information content (AvgIpc) is 2.36. The Morgan fingerprint density at radius 2 is 2.06 bits per heavy atom. The maximum Gasteiger partial charge on any atom is 0.244 e. The second kappa shape index (κ2) is 7.67. The van der Waals surface area contributed by atoms with Crippen molar-refractivity contribution in [3.05, 3.63) is 41.5 Å². The summed E-state index contributed by atoms with van der Waals surface area (Å²) in [6.45, 7) is 4.31. The van der Waals surface area contributed by atoms with E-state index >= 15 is 0 Å². The maximum atomic E-state index is 11.4. The molecule has 0 bridgehead atoms. The van der Waals surface area contributed by atoms with E-state index in [-0.39, 0.29) is 12.0 Å². The Morgan fingerprint density at radius 3 is 2.61 bits per heavy atom. The van der Waals surface area contributed by atoms with Crippen LogP contribution in [0.1, 0.15) is 31.4 Å². The van der Waals surface area contributed by atoms with Crippen LogP contribution in [0.2, 0.25) is 0 Å². The van der Waals surface area contributed by atoms with Crippen LogP contribution in [0, 0.1) is 0 Å². The molecule has 0 aromatic heterocycles. The van der Waals surface area contributed by atoms with E-state index in [4.69, 9.17) is 5.11 Å². The number of hydrogen-bond acceptors (Lipinski definition) is 2. The average molecular weight is 247 g/mol. The molecule has 1 aromatic carbocycles. The van der Waals surface area contributed by atoms with Crippen molar-refractivity contribution in [1.82, 2.24) is 5.32 Å². The quantitative estimate of drug-likeness (QED) is 0.757. The van der Waals surface area contributed by atoms with Crippen LogP contribution in [0.25, 0.3) is 6.08 Å². The van der Waals surface area contributed by atoms with Crippen molar-refractivity contribution in [2.45, 2.75) is 32.8 Å². The van der Waals surface area contributed by atoms with E-state index in [0.717, 1.165) is 12.0 Å². The number of aryl methyl sites for hydroxylation is 1. The van der Waals surface area contributed by atoms with Gasteiger partial charge in [0.15, 0.2) is 0 Å². The summed E-state index contributed by atoms with van der Waals surface area (Å²) in [5.74, 6) is -0.129. The maximum absolute atomic E-state index is 11.4. The molecule has 2 N–H and O–H groups in total. The van der Waals surface area contributed by atoms with Gasteiger partial charge in [0.25, 0.3) is 0 Å². The van der Waals surface area contributed by atoms with E-state index < -0.39 is 0 Å². The zero-order chi connectivity index (χ0) is 13.4. The molecule has 3 nitrogen and oxygen atoms in total. The number of rotatable bonds is 6. The lowest BCUT2D eigenvalue weighted by molar-refractivity contribution is -0.116. The molecule has 0 aliphatic carbocycles. The van der Waals surface area contributed by atoms with E-state index in [1.807, 2.05) is 12.1 Å². The number of nitrogens with one attached hydrogen (secondary N) is 1. The molecule has 1 unspecified atom stereocenters. The van der Waals surface area contributed by atoms with Gasteiger partial charge in [0.1, 0.15) is 0 Å². The minimum Gasteiger partial charge on any atom is -0.393 e. The largest absolute Gasteiger partial charge is 0.393 e. The SMILES string of the molecule is CCc1ccc(C=CC(=O)NCCC(C)O)cc1. The van der Waals surface area contributed by atoms with Gasteiger partial charge in [0.05, 0.1) is 6.10 Å². The van der Waals surface area contributed by atoms with Crippen molar-refractivity contribution in [2.24, 2.45) is 0 Å². The fourth-order valence-corrected chi connectivity index (χ4v) is 1.50. The Balaban J connectivity index is 2.40. The fraction of sp³-hybridized carbons (Fsp3) is 0.400. The van der Waals surface area contributed by atoms with E-state index in [9.17, 15) is 4.79 Å². The number of amides is 1. The number of aliphatic hydroxyl groups excluding tert-OH is 1. The molecule has 0 heterocycles. The Morgan fingerprint density at radius 1 is 1.39 bits per heavy atom. The van der Waals surface area contributed by atoms with Crippen molar-refractivity contribution < 1.29 is 9.90 Å². The second-order valence-electron chi connectivity index (χ2n) is 4.36. The molecule has 1 aromatic rings. The highest BCUT2D eigenvalue weighted by Gasteiger charge is 1.98. The number of aliphatic hydroxyl groups is 1. The molecule has 0 fully saturated rings. The smallest absolute Gasteiger partial charge is 0.244 e. The molecule has 0 aliphatic rings. The van der Waals surface area contributed by atoms with Crippen molar-refractivity contribution in [3.63, 3.8) is 0 Å². The van der Waals surface area contributed by atoms with Gasteiger partial charge >= 0.3 is 0 Å². The first-order valence-corrected chi connectivity index (χ1v) is 6.34. The zero-order valence-electron chi connectivity index (χ0n) is 11.0. The number of carbonyl (C=O) groups excluding carboxylic acids is 1. The molecule has 0 radical (unpaired) electrons. The molecule has 0 saturated carbocycles. The highest BCUT2D eigenvalue weighted by molar-refractivity contribution is 5.91. The molecular formula is C15H21NO2. The summed E-state index contributed by atoms with van der Waals surface area (Å²) < 4.78 is 0. The summed E-state index contributed by atoms with van der Waals surface area (Å²) in [5.41, 5.74) is 2.30. The van der Waals surface area contributed by atoms with Gasteiger partial charge in [0, 0.05) is 12.6 Å². The van der Waals surface area contributed by atoms with Crippen molar-refractivity contribution in [1.29, 1.82) is 0 Å². The first-order valence-electron chi connectivity index (χ1n) is 6.34. The minimum absolute atomic E-state index is 0.129. The number of carbonyl (C=O) groups is 1. The van der Waals surface area contributed by atoms with E-state index in [1.54, 1.807) is 13.0 Å². The molecule has 1 rings (SSSR count). The predicted molar refractivity (Wildman–Crippen MR) is 74.2 cm³/mol. The molecule has 1 amide bonds. The topological polar surface area (TPSA) is 49.3 Å². The Labute approximate surface area is 109 Å². The van der Waals surface area contributed by atoms with Gasteiger partial charge in [-0.2, -0.15) is 0 Å². The van der Waals surface area contributed by atoms with Gasteiger partial charge in [-0.15, -0.1) is 0 Å². The van der Waals surface area contributed by atoms with Crippen LogP contribution in [0.15, 0.2) is 30.3 Å². The van der Waals surface area contributed by atoms with Crippen LogP contribution in [0.5, 0.6) is 0 Å². The van der Waals surface area contributed by atoms with Crippen LogP contribution in [-0.4, -0.2) is 23.7 Å². The molecule has 0 spiro atoms. The first-order chi connectivity index (χ1) is 8.61. The van der Waals surface area contributed by atoms with Gasteiger partial charge in [-0.1, -0.05) is 31.2 Å². The summed E-state index contributed by atoms with van der Waals surface area (Å²) in [6.07, 6.45) is 4.52. The molecule has 18 heavy (non-hydrogen) atoms. The van der Waals surface area contributed by atoms with Crippen LogP contribution in [0.4, 0.5) is 0 Å². The van der Waals surface area contributed by atoms with Gasteiger partial charge in [-0.3, -0.25) is 4.79 Å². The Hall–Kier alpha value is -1.61. The monoisotopic (exact) mass is 247 g/mol. The predicted octanol–water partition coefficient (Wildman–Crippen LogP) is 2.15. The van der Waals surface area contributed by atoms with Gasteiger partial charge in [-0.05, 0) is 37.0 Å². The van der Waals surface area contributed by atoms with Crippen LogP contribution >= 0.6 is 0 Å². The summed E-state index contributed by atoms with van der Waals surface area (Å²) in [4.78, 5) is 11.4. The van der Waals surface area contributed by atoms with Crippen molar-refractivity contribution >= 4 is 12.0 Å². The lowest BCUT2D eigenvalue weighted by Gasteiger charge is -2.04. The van der Waals surface area contributed by atoms with E-state index in [2.05, 4.69) is 24.4 Å². The Kier molecular flexibility index (Phi) is 6.15. The highest BCUT2D eigenvalue weighted by Crippen LogP contribution is 2.06. The van der Waals surface area contributed by atoms with Crippen molar-refractivity contribution in [3.8, 4) is 0 Å². The van der Waals surface area contributed by atoms with E-state index in [1.165, 1.54) is 11.6 Å². The molecule has 3 heteroatoms. The third-order valence-electron chi connectivity index (χ3n) is 2.68. The molecule has 1 atom stereocenters. The second-order valence-corrected chi connectivity index (χ2v) is 4.36. The summed E-state index contributed by atoms with van der Waals surface area (Å²) in [7, 11) is 0. The van der Waals surface area contributed by atoms with Gasteiger partial charge in [-0.25, -0.2) is 0 Å². The lowest BCUT2D eigenvalue weighted by Crippen LogP contribution is -2.24. The highest BCUT2D eigenvalue weighted by atomic mass is 16.3. The van der Waals surface area contributed by atoms with Crippen molar-refractivity contribution in [2.75, 3.05) is 6.54 Å². The Bertz CT molecular complexity index is 393. The summed E-state index contributed by atoms with van der Waals surface area (Å²) in [5, 5.41) is 11.8. The van der Waals surface area contributed by atoms with Crippen LogP contribution in [-0.2, 0) is 11.2 Å². The van der Waals surface area contributed by atoms with Gasteiger partial charge < -0.3 is 10.4 Å². The molecule has 0 saturated heterocycles. The molecule has 98 valence electrons. The summed E-state index contributed by atoms with van der Waals surface area (Å²) in [6, 6.07) is 8.12. The molecular weight excluding hydrogens is 226 g/mol. The van der Waals surface area contributed by atoms with Gasteiger partial charge in [0.2, 0.25) is 5.91 Å². The standard InChI is InChI=1S/C15H21NO2/c1-3-13-4-6-14(7-5-13)8-9-15(18)16-11-10-12(2)17/h4-9,12,17H,3,10-11H2,1-2H3,(H,16,18). The van der Waals surface area contributed by atoms with E-state index in [0.29, 0.717) is 13.0 Å². The minimum atomic E-state index is -0.379. The van der Waals surface area contributed by atoms with Crippen LogP contribution in [0.3, 0.4) is 0 Å². The normalized spacial score (nSPS) is 12.6. The third kappa shape index (κ3) is 5.64. The lowest BCUT2D eigenvalue weighted by atomic mass is 10.1. The zero-order valence-corrected chi connectivity index (χ0v) is 11.0. The number of hydrogen-bond donors (Lipinski definition) is 2. The third-order valence-corrected chi connectivity index (χ3v) is 2.68. The molecule has 0 aliphatic heterocycles. The number of benzene rings is 1.